The van der Waals surface area contributed by atoms with Crippen LogP contribution in [0.5, 0.6) is 5.75 Å². The van der Waals surface area contributed by atoms with Crippen molar-refractivity contribution in [1.29, 1.82) is 0 Å². The highest BCUT2D eigenvalue weighted by Gasteiger charge is 2.06. The highest BCUT2D eigenvalue weighted by molar-refractivity contribution is 5.88. The molecule has 0 saturated carbocycles. The van der Waals surface area contributed by atoms with Crippen molar-refractivity contribution in [1.82, 2.24) is 0 Å². The van der Waals surface area contributed by atoms with Crippen LogP contribution in [0.15, 0.2) is 54.9 Å². The first kappa shape index (κ1) is 8.24. The van der Waals surface area contributed by atoms with Gasteiger partial charge in [-0.25, -0.2) is 0 Å². The summed E-state index contributed by atoms with van der Waals surface area (Å²) < 4.78 is 2.04. The second-order valence-corrected chi connectivity index (χ2v) is 3.59. The van der Waals surface area contributed by atoms with Gasteiger partial charge >= 0.3 is 0 Å². The first-order valence-corrected chi connectivity index (χ1v) is 4.86. The molecule has 1 aromatic carbocycles. The zero-order valence-electron chi connectivity index (χ0n) is 8.09. The summed E-state index contributed by atoms with van der Waals surface area (Å²) in [6, 6.07) is 13.5. The minimum absolute atomic E-state index is 0.332. The molecule has 2 heteroatoms. The Morgan fingerprint density at radius 1 is 1.00 bits per heavy atom. The van der Waals surface area contributed by atoms with Crippen LogP contribution < -0.4 is 4.40 Å². The number of hydrogen-bond donors (Lipinski definition) is 1. The molecule has 0 fully saturated rings. The Morgan fingerprint density at radius 2 is 1.93 bits per heavy atom. The molecule has 0 aliphatic rings. The predicted octanol–water partition coefficient (Wildman–Crippen LogP) is 2.28. The molecule has 0 unspecified atom stereocenters. The van der Waals surface area contributed by atoms with E-state index in [1.54, 1.807) is 6.07 Å². The number of fused-ring (bicyclic) bond motifs is 2. The number of pyridine rings is 2. The first-order chi connectivity index (χ1) is 7.34. The fourth-order valence-corrected chi connectivity index (χ4v) is 1.85. The molecule has 0 aliphatic carbocycles. The normalized spacial score (nSPS) is 10.9. The number of nitrogens with zero attached hydrogens (tertiary/aromatic N) is 1. The number of rotatable bonds is 0. The number of benzene rings is 1. The van der Waals surface area contributed by atoms with E-state index in [1.165, 1.54) is 0 Å². The number of hydrogen-bond acceptors (Lipinski definition) is 1. The Balaban J connectivity index is 2.53. The smallest absolute Gasteiger partial charge is 0.211 e. The lowest BCUT2D eigenvalue weighted by atomic mass is 10.1. The number of phenolic OH excluding ortho intramolecular Hbond substituents is 1. The van der Waals surface area contributed by atoms with Gasteiger partial charge in [-0.1, -0.05) is 6.07 Å². The highest BCUT2D eigenvalue weighted by atomic mass is 16.3. The van der Waals surface area contributed by atoms with Crippen molar-refractivity contribution in [2.24, 2.45) is 0 Å². The van der Waals surface area contributed by atoms with Crippen LogP contribution in [0.25, 0.3) is 16.3 Å². The summed E-state index contributed by atoms with van der Waals surface area (Å²) in [5, 5.41) is 11.7. The van der Waals surface area contributed by atoms with Gasteiger partial charge in [0.05, 0.1) is 0 Å². The second-order valence-electron chi connectivity index (χ2n) is 3.59. The Kier molecular flexibility index (Phi) is 1.62. The molecule has 0 atom stereocenters. The third kappa shape index (κ3) is 1.22. The fraction of sp³-hybridized carbons (Fsp3) is 0. The molecule has 0 amide bonds. The maximum absolute atomic E-state index is 9.72. The van der Waals surface area contributed by atoms with Gasteiger partial charge in [-0.2, -0.15) is 4.40 Å². The number of aromatic nitrogens is 1. The average molecular weight is 196 g/mol. The van der Waals surface area contributed by atoms with Gasteiger partial charge in [-0.3, -0.25) is 0 Å². The molecule has 72 valence electrons. The molecule has 0 radical (unpaired) electrons. The van der Waals surface area contributed by atoms with Gasteiger partial charge in [0.25, 0.3) is 0 Å². The van der Waals surface area contributed by atoms with E-state index in [2.05, 4.69) is 0 Å². The van der Waals surface area contributed by atoms with Crippen molar-refractivity contribution in [2.45, 2.75) is 0 Å². The van der Waals surface area contributed by atoms with Gasteiger partial charge in [0.2, 0.25) is 5.52 Å². The summed E-state index contributed by atoms with van der Waals surface area (Å²) in [5.74, 6) is 0.332. The highest BCUT2D eigenvalue weighted by Crippen LogP contribution is 2.23. The fourth-order valence-electron chi connectivity index (χ4n) is 1.85. The average Bonchev–Trinajstić information content (AvgIpc) is 2.27. The van der Waals surface area contributed by atoms with Crippen LogP contribution >= 0.6 is 0 Å². The van der Waals surface area contributed by atoms with Gasteiger partial charge in [0.15, 0.2) is 12.4 Å². The third-order valence-corrected chi connectivity index (χ3v) is 2.61. The lowest BCUT2D eigenvalue weighted by Gasteiger charge is -1.98. The number of phenols is 1. The Hall–Kier alpha value is -2.09. The summed E-state index contributed by atoms with van der Waals surface area (Å²) >= 11 is 0. The van der Waals surface area contributed by atoms with Gasteiger partial charge < -0.3 is 5.11 Å². The molecule has 0 spiro atoms. The van der Waals surface area contributed by atoms with Crippen LogP contribution in [0, 0.1) is 0 Å². The van der Waals surface area contributed by atoms with Crippen molar-refractivity contribution in [2.75, 3.05) is 0 Å². The van der Waals surface area contributed by atoms with Crippen molar-refractivity contribution in [3.8, 4) is 5.75 Å². The standard InChI is InChI=1S/C13H9NO/c15-13-6-3-4-10-9-14-7-2-1-5-11(14)8-12(10)13/h1-9H/p+1. The first-order valence-electron chi connectivity index (χ1n) is 4.86. The van der Waals surface area contributed by atoms with E-state index in [4.69, 9.17) is 0 Å². The number of aromatic hydroxyl groups is 1. The minimum Gasteiger partial charge on any atom is -0.507 e. The summed E-state index contributed by atoms with van der Waals surface area (Å²) in [4.78, 5) is 0. The molecule has 1 N–H and O–H groups in total. The molecule has 0 saturated heterocycles. The molecule has 3 rings (SSSR count). The van der Waals surface area contributed by atoms with Crippen LogP contribution in [0.3, 0.4) is 0 Å². The van der Waals surface area contributed by atoms with E-state index in [9.17, 15) is 5.11 Å². The summed E-state index contributed by atoms with van der Waals surface area (Å²) in [7, 11) is 0. The molecule has 2 heterocycles. The van der Waals surface area contributed by atoms with Gasteiger partial charge in [-0.15, -0.1) is 0 Å². The zero-order chi connectivity index (χ0) is 10.3. The molecule has 3 aromatic rings. The lowest BCUT2D eigenvalue weighted by Crippen LogP contribution is -2.19. The molecular weight excluding hydrogens is 186 g/mol. The summed E-state index contributed by atoms with van der Waals surface area (Å²) in [6.45, 7) is 0. The van der Waals surface area contributed by atoms with Crippen molar-refractivity contribution >= 4 is 16.3 Å². The molecular formula is C13H10NO+. The molecule has 0 bridgehead atoms. The van der Waals surface area contributed by atoms with Gasteiger partial charge in [0.1, 0.15) is 5.75 Å². The molecule has 2 nitrogen and oxygen atoms in total. The second kappa shape index (κ2) is 2.95. The SMILES string of the molecule is Oc1cccc2c[n+]3ccccc3cc12. The van der Waals surface area contributed by atoms with Crippen molar-refractivity contribution < 1.29 is 9.51 Å². The van der Waals surface area contributed by atoms with Crippen LogP contribution in [0.1, 0.15) is 0 Å². The maximum Gasteiger partial charge on any atom is 0.211 e. The maximum atomic E-state index is 9.72. The van der Waals surface area contributed by atoms with E-state index in [0.29, 0.717) is 5.75 Å². The molecule has 15 heavy (non-hydrogen) atoms. The Bertz CT molecular complexity index is 646. The molecule has 0 aliphatic heterocycles. The molecule has 2 aromatic heterocycles. The van der Waals surface area contributed by atoms with Crippen LogP contribution in [0.4, 0.5) is 0 Å². The van der Waals surface area contributed by atoms with Gasteiger partial charge in [-0.05, 0) is 18.2 Å². The summed E-state index contributed by atoms with van der Waals surface area (Å²) in [6.07, 6.45) is 4.02. The largest absolute Gasteiger partial charge is 0.507 e. The van der Waals surface area contributed by atoms with E-state index in [0.717, 1.165) is 16.3 Å². The van der Waals surface area contributed by atoms with Crippen molar-refractivity contribution in [3.63, 3.8) is 0 Å². The summed E-state index contributed by atoms with van der Waals surface area (Å²) in [5.41, 5.74) is 1.08. The van der Waals surface area contributed by atoms with E-state index in [1.807, 2.05) is 53.2 Å². The Labute approximate surface area is 87.0 Å². The predicted molar refractivity (Wildman–Crippen MR) is 58.8 cm³/mol. The van der Waals surface area contributed by atoms with Crippen LogP contribution in [-0.2, 0) is 0 Å². The van der Waals surface area contributed by atoms with E-state index in [-0.39, 0.29) is 0 Å². The third-order valence-electron chi connectivity index (χ3n) is 2.61. The zero-order valence-corrected chi connectivity index (χ0v) is 8.09. The van der Waals surface area contributed by atoms with Crippen LogP contribution in [-0.4, -0.2) is 5.11 Å². The Morgan fingerprint density at radius 3 is 2.87 bits per heavy atom. The lowest BCUT2D eigenvalue weighted by molar-refractivity contribution is -0.510. The topological polar surface area (TPSA) is 24.3 Å². The quantitative estimate of drug-likeness (QED) is 0.433. The minimum atomic E-state index is 0.332. The van der Waals surface area contributed by atoms with Crippen LogP contribution in [0.2, 0.25) is 0 Å². The van der Waals surface area contributed by atoms with E-state index >= 15 is 0 Å². The van der Waals surface area contributed by atoms with Gasteiger partial charge in [0, 0.05) is 29.0 Å². The monoisotopic (exact) mass is 196 g/mol. The van der Waals surface area contributed by atoms with Crippen molar-refractivity contribution in [3.05, 3.63) is 54.9 Å². The van der Waals surface area contributed by atoms with E-state index < -0.39 is 0 Å².